The maximum Gasteiger partial charge on any atom is 0.370 e. The quantitative estimate of drug-likeness (QED) is 0.235. The Balaban J connectivity index is 2.58. The molecule has 0 aliphatic heterocycles. The third-order valence-corrected chi connectivity index (χ3v) is 5.59. The van der Waals surface area contributed by atoms with E-state index in [4.69, 9.17) is 9.47 Å². The molecule has 0 amide bonds. The lowest BCUT2D eigenvalue weighted by Crippen LogP contribution is -2.11. The van der Waals surface area contributed by atoms with Crippen LogP contribution in [0.2, 0.25) is 0 Å². The molecule has 1 heterocycles. The van der Waals surface area contributed by atoms with Gasteiger partial charge in [0.05, 0.1) is 5.69 Å². The highest BCUT2D eigenvalue weighted by Gasteiger charge is 2.21. The maximum absolute atomic E-state index is 11.8. The lowest BCUT2D eigenvalue weighted by atomic mass is 9.86. The smallest absolute Gasteiger partial charge is 0.370 e. The molecule has 7 heteroatoms. The summed E-state index contributed by atoms with van der Waals surface area (Å²) in [6.07, 6.45) is 1.77. The van der Waals surface area contributed by atoms with Crippen LogP contribution in [0.4, 0.5) is 4.79 Å². The summed E-state index contributed by atoms with van der Waals surface area (Å²) in [5, 5.41) is 4.17. The number of hydrogen-bond donors (Lipinski definition) is 0. The summed E-state index contributed by atoms with van der Waals surface area (Å²) in [5.41, 5.74) is 5.79. The lowest BCUT2D eigenvalue weighted by Gasteiger charge is -2.20. The number of thioether (sulfide) groups is 1. The van der Waals surface area contributed by atoms with Crippen molar-refractivity contribution in [2.45, 2.75) is 47.0 Å². The van der Waals surface area contributed by atoms with Gasteiger partial charge in [-0.2, -0.15) is 5.10 Å². The monoisotopic (exact) mass is 443 g/mol. The first-order chi connectivity index (χ1) is 14.6. The molecule has 0 radical (unpaired) electrons. The number of nitrogens with zero attached hydrogens (tertiary/aromatic N) is 3. The van der Waals surface area contributed by atoms with Crippen molar-refractivity contribution in [3.63, 3.8) is 0 Å². The van der Waals surface area contributed by atoms with Crippen LogP contribution in [0, 0.1) is 13.8 Å². The van der Waals surface area contributed by atoms with Crippen LogP contribution < -0.4 is 0 Å². The van der Waals surface area contributed by atoms with E-state index in [1.165, 1.54) is 5.56 Å². The van der Waals surface area contributed by atoms with Crippen LogP contribution in [0.1, 0.15) is 55.8 Å². The van der Waals surface area contributed by atoms with E-state index in [0.717, 1.165) is 39.8 Å². The van der Waals surface area contributed by atoms with E-state index < -0.39 is 0 Å². The fraction of sp³-hybridized carbons (Fsp3) is 0.458. The fourth-order valence-corrected chi connectivity index (χ4v) is 3.56. The van der Waals surface area contributed by atoms with E-state index in [0.29, 0.717) is 11.5 Å². The van der Waals surface area contributed by atoms with E-state index in [-0.39, 0.29) is 17.5 Å². The van der Waals surface area contributed by atoms with Gasteiger partial charge in [-0.05, 0) is 42.2 Å². The zero-order valence-electron chi connectivity index (χ0n) is 19.8. The van der Waals surface area contributed by atoms with Crippen LogP contribution in [0.25, 0.3) is 11.3 Å². The van der Waals surface area contributed by atoms with Crippen LogP contribution in [0.15, 0.2) is 29.3 Å². The third-order valence-electron chi connectivity index (χ3n) is 4.94. The Morgan fingerprint density at radius 2 is 1.84 bits per heavy atom. The lowest BCUT2D eigenvalue weighted by molar-refractivity contribution is 0.0588. The summed E-state index contributed by atoms with van der Waals surface area (Å²) in [7, 11) is 3.60. The number of carbonyl (C=O) groups is 1. The molecule has 31 heavy (non-hydrogen) atoms. The molecule has 0 fully saturated rings. The van der Waals surface area contributed by atoms with Gasteiger partial charge in [-0.1, -0.05) is 52.0 Å². The first kappa shape index (κ1) is 24.7. The Kier molecular flexibility index (Phi) is 8.51. The predicted molar refractivity (Wildman–Crippen MR) is 130 cm³/mol. The highest BCUT2D eigenvalue weighted by molar-refractivity contribution is 8.13. The zero-order valence-corrected chi connectivity index (χ0v) is 20.6. The van der Waals surface area contributed by atoms with Crippen LogP contribution in [-0.4, -0.2) is 40.9 Å². The van der Waals surface area contributed by atoms with Gasteiger partial charge in [-0.25, -0.2) is 4.79 Å². The van der Waals surface area contributed by atoms with Crippen molar-refractivity contribution in [3.8, 4) is 0 Å². The molecule has 2 aromatic rings. The molecule has 0 atom stereocenters. The summed E-state index contributed by atoms with van der Waals surface area (Å²) in [6, 6.07) is 8.38. The Morgan fingerprint density at radius 1 is 1.19 bits per heavy atom. The topological polar surface area (TPSA) is 65.7 Å². The van der Waals surface area contributed by atoms with Crippen LogP contribution in [0.3, 0.4) is 0 Å². The Labute approximate surface area is 189 Å². The third kappa shape index (κ3) is 6.23. The molecule has 168 valence electrons. The minimum absolute atomic E-state index is 0.0570. The summed E-state index contributed by atoms with van der Waals surface area (Å²) >= 11 is 1.11. The van der Waals surface area contributed by atoms with Crippen molar-refractivity contribution >= 4 is 34.6 Å². The standard InChI is InChI=1S/C24H33N3O3S/c1-9-31-23(28)30-15-29-22(21-16(2)17(3)26-27(21)8)20(14-25-7)18-10-12-19(13-11-18)24(4,5)6/h10-14H,9,15H2,1-8H3/b22-20-,25-14?. The van der Waals surface area contributed by atoms with Crippen molar-refractivity contribution < 1.29 is 14.3 Å². The number of aryl methyl sites for hydroxylation is 2. The average molecular weight is 444 g/mol. The molecular weight excluding hydrogens is 410 g/mol. The predicted octanol–water partition coefficient (Wildman–Crippen LogP) is 5.77. The van der Waals surface area contributed by atoms with E-state index in [2.05, 4.69) is 55.1 Å². The molecule has 0 N–H and O–H groups in total. The second kappa shape index (κ2) is 10.7. The normalized spacial score (nSPS) is 12.8. The van der Waals surface area contributed by atoms with Gasteiger partial charge >= 0.3 is 5.30 Å². The fourth-order valence-electron chi connectivity index (χ4n) is 3.19. The Bertz CT molecular complexity index is 967. The minimum atomic E-state index is -0.361. The molecule has 0 aliphatic rings. The van der Waals surface area contributed by atoms with Gasteiger partial charge < -0.3 is 9.47 Å². The molecular formula is C24H33N3O3S. The molecule has 1 aromatic heterocycles. The molecule has 0 spiro atoms. The van der Waals surface area contributed by atoms with E-state index >= 15 is 0 Å². The van der Waals surface area contributed by atoms with Gasteiger partial charge in [0, 0.05) is 37.2 Å². The van der Waals surface area contributed by atoms with Crippen LogP contribution in [-0.2, 0) is 21.9 Å². The van der Waals surface area contributed by atoms with Crippen molar-refractivity contribution in [3.05, 3.63) is 52.3 Å². The largest absolute Gasteiger partial charge is 0.454 e. The first-order valence-corrected chi connectivity index (χ1v) is 11.3. The van der Waals surface area contributed by atoms with Gasteiger partial charge in [-0.3, -0.25) is 9.67 Å². The minimum Gasteiger partial charge on any atom is -0.454 e. The van der Waals surface area contributed by atoms with E-state index in [9.17, 15) is 4.79 Å². The second-order valence-corrected chi connectivity index (χ2v) is 9.43. The van der Waals surface area contributed by atoms with Gasteiger partial charge in [0.2, 0.25) is 6.79 Å². The molecule has 2 rings (SSSR count). The molecule has 0 bridgehead atoms. The van der Waals surface area contributed by atoms with Crippen molar-refractivity contribution in [1.29, 1.82) is 0 Å². The maximum atomic E-state index is 11.8. The average Bonchev–Trinajstić information content (AvgIpc) is 2.95. The number of allylic oxidation sites excluding steroid dienone is 1. The number of carbonyl (C=O) groups excluding carboxylic acids is 1. The highest BCUT2D eigenvalue weighted by Crippen LogP contribution is 2.31. The molecule has 0 aliphatic carbocycles. The molecule has 1 aromatic carbocycles. The number of aromatic nitrogens is 2. The first-order valence-electron chi connectivity index (χ1n) is 10.3. The van der Waals surface area contributed by atoms with Crippen LogP contribution >= 0.6 is 11.8 Å². The van der Waals surface area contributed by atoms with Crippen molar-refractivity contribution in [2.75, 3.05) is 19.6 Å². The Hall–Kier alpha value is -2.54. The van der Waals surface area contributed by atoms with Crippen molar-refractivity contribution in [1.82, 2.24) is 9.78 Å². The summed E-state index contributed by atoms with van der Waals surface area (Å²) in [4.78, 5) is 16.1. The van der Waals surface area contributed by atoms with E-state index in [1.54, 1.807) is 17.9 Å². The summed E-state index contributed by atoms with van der Waals surface area (Å²) in [6.45, 7) is 12.2. The number of hydrogen-bond acceptors (Lipinski definition) is 6. The number of benzene rings is 1. The SMILES string of the molecule is CCSC(=O)OCO/C(=C(/C=NC)c1ccc(C(C)(C)C)cc1)c1c(C)c(C)nn1C. The second-order valence-electron chi connectivity index (χ2n) is 8.23. The zero-order chi connectivity index (χ0) is 23.2. The van der Waals surface area contributed by atoms with Gasteiger partial charge in [0.1, 0.15) is 5.69 Å². The van der Waals surface area contributed by atoms with Gasteiger partial charge in [0.25, 0.3) is 0 Å². The number of rotatable bonds is 7. The van der Waals surface area contributed by atoms with E-state index in [1.807, 2.05) is 27.8 Å². The summed E-state index contributed by atoms with van der Waals surface area (Å²) in [5.74, 6) is 1.22. The molecule has 0 saturated heterocycles. The van der Waals surface area contributed by atoms with Gasteiger partial charge in [0.15, 0.2) is 5.76 Å². The Morgan fingerprint density at radius 3 is 2.32 bits per heavy atom. The highest BCUT2D eigenvalue weighted by atomic mass is 32.2. The summed E-state index contributed by atoms with van der Waals surface area (Å²) < 4.78 is 13.1. The molecule has 0 unspecified atom stereocenters. The number of ether oxygens (including phenoxy) is 2. The van der Waals surface area contributed by atoms with Gasteiger partial charge in [-0.15, -0.1) is 0 Å². The van der Waals surface area contributed by atoms with Crippen molar-refractivity contribution in [2.24, 2.45) is 12.0 Å². The molecule has 6 nitrogen and oxygen atoms in total. The van der Waals surface area contributed by atoms with Crippen LogP contribution in [0.5, 0.6) is 0 Å². The number of aliphatic imine (C=N–C) groups is 1. The molecule has 0 saturated carbocycles.